The number of imide groups is 1. The lowest BCUT2D eigenvalue weighted by molar-refractivity contribution is -0.144. The van der Waals surface area contributed by atoms with Gasteiger partial charge in [-0.05, 0) is 64.7 Å². The molecule has 26 heavy (non-hydrogen) atoms. The van der Waals surface area contributed by atoms with Crippen molar-refractivity contribution in [3.05, 3.63) is 0 Å². The summed E-state index contributed by atoms with van der Waals surface area (Å²) in [5.41, 5.74) is 0.0185. The van der Waals surface area contributed by atoms with E-state index in [-0.39, 0.29) is 52.1 Å². The molecule has 2 atom stereocenters. The average molecular weight is 365 g/mol. The summed E-state index contributed by atoms with van der Waals surface area (Å²) in [6, 6.07) is 0.00198. The lowest BCUT2D eigenvalue weighted by atomic mass is 9.79. The lowest BCUT2D eigenvalue weighted by Crippen LogP contribution is -2.63. The summed E-state index contributed by atoms with van der Waals surface area (Å²) in [7, 11) is 0. The first-order valence-electron chi connectivity index (χ1n) is 10.3. The van der Waals surface area contributed by atoms with Gasteiger partial charge in [0.1, 0.15) is 0 Å². The number of amides is 2. The number of hydrogen-bond donors (Lipinski definition) is 1. The average Bonchev–Trinajstić information content (AvgIpc) is 2.62. The fourth-order valence-corrected chi connectivity index (χ4v) is 5.23. The third-order valence-corrected chi connectivity index (χ3v) is 5.97. The summed E-state index contributed by atoms with van der Waals surface area (Å²) < 4.78 is 0. The van der Waals surface area contributed by atoms with Crippen LogP contribution in [0.2, 0.25) is 0 Å². The third kappa shape index (κ3) is 4.68. The molecule has 2 heterocycles. The molecule has 2 aliphatic rings. The Morgan fingerprint density at radius 3 is 1.96 bits per heavy atom. The fourth-order valence-electron chi connectivity index (χ4n) is 5.23. The number of carbonyl (C=O) groups excluding carboxylic acids is 2. The summed E-state index contributed by atoms with van der Waals surface area (Å²) in [5, 5.41) is 3.66. The molecule has 2 fully saturated rings. The quantitative estimate of drug-likeness (QED) is 0.753. The molecule has 0 bridgehead atoms. The molecule has 2 unspecified atom stereocenters. The molecule has 2 amide bonds. The second-order valence-corrected chi connectivity index (χ2v) is 11.5. The first-order chi connectivity index (χ1) is 11.6. The van der Waals surface area contributed by atoms with Gasteiger partial charge in [0, 0.05) is 17.1 Å². The number of nitrogens with zero attached hydrogens (tertiary/aromatic N) is 1. The van der Waals surface area contributed by atoms with E-state index in [1.807, 2.05) is 0 Å². The number of piperidine rings is 1. The van der Waals surface area contributed by atoms with Gasteiger partial charge in [-0.1, -0.05) is 34.6 Å². The van der Waals surface area contributed by atoms with Crippen LogP contribution in [0.5, 0.6) is 0 Å². The maximum Gasteiger partial charge on any atom is 0.233 e. The van der Waals surface area contributed by atoms with Crippen LogP contribution >= 0.6 is 0 Å². The van der Waals surface area contributed by atoms with E-state index in [2.05, 4.69) is 67.6 Å². The molecular weight excluding hydrogens is 324 g/mol. The normalized spacial score (nSPS) is 29.7. The zero-order valence-electron chi connectivity index (χ0n) is 18.4. The summed E-state index contributed by atoms with van der Waals surface area (Å²) in [5.74, 6) is 0.0387. The molecule has 4 nitrogen and oxygen atoms in total. The van der Waals surface area contributed by atoms with Crippen LogP contribution in [0.3, 0.4) is 0 Å². The molecule has 0 saturated carbocycles. The second-order valence-electron chi connectivity index (χ2n) is 11.5. The van der Waals surface area contributed by atoms with Gasteiger partial charge in [0.2, 0.25) is 11.8 Å². The van der Waals surface area contributed by atoms with Crippen LogP contribution < -0.4 is 5.32 Å². The zero-order chi connectivity index (χ0) is 20.1. The zero-order valence-corrected chi connectivity index (χ0v) is 18.4. The van der Waals surface area contributed by atoms with Crippen LogP contribution in [0.25, 0.3) is 0 Å². The molecule has 0 aromatic carbocycles. The van der Waals surface area contributed by atoms with Crippen molar-refractivity contribution in [1.29, 1.82) is 0 Å². The van der Waals surface area contributed by atoms with Crippen molar-refractivity contribution in [2.45, 2.75) is 105 Å². The molecule has 1 N–H and O–H groups in total. The predicted molar refractivity (Wildman–Crippen MR) is 107 cm³/mol. The smallest absolute Gasteiger partial charge is 0.233 e. The maximum atomic E-state index is 13.4. The van der Waals surface area contributed by atoms with E-state index >= 15 is 0 Å². The molecule has 0 aliphatic carbocycles. The Bertz CT molecular complexity index is 541. The Labute approximate surface area is 160 Å². The lowest BCUT2D eigenvalue weighted by Gasteiger charge is -2.48. The largest absolute Gasteiger partial charge is 0.307 e. The van der Waals surface area contributed by atoms with E-state index in [1.165, 1.54) is 0 Å². The standard InChI is InChI=1S/C22H40N2O2/c1-14(2)17-16(10-11-20(3,4)5)18(25)24(19(17)26)15-12-21(6,7)23-22(8,9)13-15/h14-17,23H,10-13H2,1-9H3. The van der Waals surface area contributed by atoms with E-state index in [1.54, 1.807) is 4.90 Å². The number of nitrogens with one attached hydrogen (secondary N) is 1. The monoisotopic (exact) mass is 364 g/mol. The number of carbonyl (C=O) groups is 2. The van der Waals surface area contributed by atoms with Crippen molar-refractivity contribution in [2.24, 2.45) is 23.2 Å². The van der Waals surface area contributed by atoms with Gasteiger partial charge in [-0.15, -0.1) is 0 Å². The number of hydrogen-bond acceptors (Lipinski definition) is 3. The van der Waals surface area contributed by atoms with E-state index in [4.69, 9.17) is 0 Å². The van der Waals surface area contributed by atoms with Crippen LogP contribution in [-0.2, 0) is 9.59 Å². The minimum absolute atomic E-state index is 0.00198. The van der Waals surface area contributed by atoms with Crippen LogP contribution in [0.4, 0.5) is 0 Å². The minimum atomic E-state index is -0.161. The van der Waals surface area contributed by atoms with Crippen LogP contribution in [0.1, 0.15) is 88.0 Å². The van der Waals surface area contributed by atoms with E-state index < -0.39 is 0 Å². The molecule has 4 heteroatoms. The Kier molecular flexibility index (Phi) is 5.70. The van der Waals surface area contributed by atoms with Crippen molar-refractivity contribution in [3.63, 3.8) is 0 Å². The Balaban J connectivity index is 2.29. The SMILES string of the molecule is CC(C)C1C(=O)N(C2CC(C)(C)NC(C)(C)C2)C(=O)C1CCC(C)(C)C. The highest BCUT2D eigenvalue weighted by molar-refractivity contribution is 6.05. The molecule has 0 spiro atoms. The molecule has 0 aromatic heterocycles. The summed E-state index contributed by atoms with van der Waals surface area (Å²) in [6.07, 6.45) is 3.43. The van der Waals surface area contributed by atoms with Crippen molar-refractivity contribution in [1.82, 2.24) is 10.2 Å². The minimum Gasteiger partial charge on any atom is -0.307 e. The van der Waals surface area contributed by atoms with Crippen molar-refractivity contribution < 1.29 is 9.59 Å². The third-order valence-electron chi connectivity index (χ3n) is 5.97. The summed E-state index contributed by atoms with van der Waals surface area (Å²) >= 11 is 0. The van der Waals surface area contributed by atoms with E-state index in [9.17, 15) is 9.59 Å². The molecule has 2 saturated heterocycles. The van der Waals surface area contributed by atoms with Crippen LogP contribution in [0.15, 0.2) is 0 Å². The van der Waals surface area contributed by atoms with Crippen LogP contribution in [0, 0.1) is 23.2 Å². The van der Waals surface area contributed by atoms with Crippen molar-refractivity contribution >= 4 is 11.8 Å². The van der Waals surface area contributed by atoms with Gasteiger partial charge in [0.15, 0.2) is 0 Å². The van der Waals surface area contributed by atoms with Gasteiger partial charge >= 0.3 is 0 Å². The predicted octanol–water partition coefficient (Wildman–Crippen LogP) is 4.38. The molecule has 150 valence electrons. The Hall–Kier alpha value is -0.900. The van der Waals surface area contributed by atoms with E-state index in [0.29, 0.717) is 0 Å². The highest BCUT2D eigenvalue weighted by Gasteiger charge is 2.53. The van der Waals surface area contributed by atoms with Crippen molar-refractivity contribution in [3.8, 4) is 0 Å². The molecule has 2 aliphatic heterocycles. The highest BCUT2D eigenvalue weighted by Crippen LogP contribution is 2.41. The van der Waals surface area contributed by atoms with Gasteiger partial charge < -0.3 is 5.32 Å². The molecule has 0 aromatic rings. The summed E-state index contributed by atoms with van der Waals surface area (Å²) in [6.45, 7) is 19.5. The molecular formula is C22H40N2O2. The van der Waals surface area contributed by atoms with Gasteiger partial charge in [0.25, 0.3) is 0 Å². The molecule has 2 rings (SSSR count). The first-order valence-corrected chi connectivity index (χ1v) is 10.3. The van der Waals surface area contributed by atoms with Gasteiger partial charge in [-0.3, -0.25) is 14.5 Å². The summed E-state index contributed by atoms with van der Waals surface area (Å²) in [4.78, 5) is 28.3. The van der Waals surface area contributed by atoms with Crippen molar-refractivity contribution in [2.75, 3.05) is 0 Å². The fraction of sp³-hybridized carbons (Fsp3) is 0.909. The second kappa shape index (κ2) is 6.92. The van der Waals surface area contributed by atoms with Gasteiger partial charge in [-0.2, -0.15) is 0 Å². The topological polar surface area (TPSA) is 49.4 Å². The maximum absolute atomic E-state index is 13.4. The number of likely N-dealkylation sites (tertiary alicyclic amines) is 1. The molecule has 0 radical (unpaired) electrons. The van der Waals surface area contributed by atoms with Crippen LogP contribution in [-0.4, -0.2) is 33.8 Å². The Morgan fingerprint density at radius 2 is 1.54 bits per heavy atom. The van der Waals surface area contributed by atoms with Gasteiger partial charge in [0.05, 0.1) is 11.8 Å². The first kappa shape index (κ1) is 21.4. The van der Waals surface area contributed by atoms with Gasteiger partial charge in [-0.25, -0.2) is 0 Å². The number of rotatable bonds is 4. The van der Waals surface area contributed by atoms with E-state index in [0.717, 1.165) is 25.7 Å². The highest BCUT2D eigenvalue weighted by atomic mass is 16.2. The Morgan fingerprint density at radius 1 is 1.04 bits per heavy atom.